The monoisotopic (exact) mass is 293 g/mol. The summed E-state index contributed by atoms with van der Waals surface area (Å²) < 4.78 is 4.85. The molecule has 21 heavy (non-hydrogen) atoms. The van der Waals surface area contributed by atoms with Gasteiger partial charge in [-0.25, -0.2) is 0 Å². The Hall–Kier alpha value is -1.88. The predicted molar refractivity (Wildman–Crippen MR) is 81.6 cm³/mol. The molecule has 0 aromatic heterocycles. The summed E-state index contributed by atoms with van der Waals surface area (Å²) >= 11 is 0. The molecule has 0 unspecified atom stereocenters. The molecular formula is C16H23NO4. The van der Waals surface area contributed by atoms with Gasteiger partial charge in [-0.1, -0.05) is 32.9 Å². The topological polar surface area (TPSA) is 66.8 Å². The van der Waals surface area contributed by atoms with Crippen molar-refractivity contribution in [1.29, 1.82) is 0 Å². The second-order valence-corrected chi connectivity index (χ2v) is 5.92. The fraction of sp³-hybridized carbons (Fsp3) is 0.500. The van der Waals surface area contributed by atoms with E-state index in [4.69, 9.17) is 9.84 Å². The van der Waals surface area contributed by atoms with Crippen LogP contribution in [0.3, 0.4) is 0 Å². The smallest absolute Gasteiger partial charge is 0.305 e. The van der Waals surface area contributed by atoms with Crippen LogP contribution in [-0.4, -0.2) is 37.2 Å². The number of aliphatic carboxylic acids is 1. The number of nitrogens with zero attached hydrogens (tertiary/aromatic N) is 1. The van der Waals surface area contributed by atoms with E-state index in [0.29, 0.717) is 5.69 Å². The number of benzene rings is 1. The molecule has 1 aromatic carbocycles. The molecule has 0 atom stereocenters. The van der Waals surface area contributed by atoms with Crippen LogP contribution in [0.5, 0.6) is 0 Å². The number of carbonyl (C=O) groups is 2. The quantitative estimate of drug-likeness (QED) is 0.874. The molecule has 0 saturated carbocycles. The Balaban J connectivity index is 2.96. The summed E-state index contributed by atoms with van der Waals surface area (Å²) in [5, 5.41) is 8.80. The molecule has 1 rings (SSSR count). The van der Waals surface area contributed by atoms with Gasteiger partial charge in [-0.15, -0.1) is 0 Å². The molecule has 1 aromatic rings. The Bertz CT molecular complexity index is 488. The van der Waals surface area contributed by atoms with E-state index in [1.807, 2.05) is 24.3 Å². The van der Waals surface area contributed by atoms with E-state index in [2.05, 4.69) is 20.8 Å². The molecule has 5 heteroatoms. The summed E-state index contributed by atoms with van der Waals surface area (Å²) in [5.74, 6) is -1.18. The zero-order chi connectivity index (χ0) is 16.0. The van der Waals surface area contributed by atoms with Crippen LogP contribution < -0.4 is 4.90 Å². The van der Waals surface area contributed by atoms with Gasteiger partial charge in [0.2, 0.25) is 0 Å². The molecule has 0 fully saturated rings. The van der Waals surface area contributed by atoms with Gasteiger partial charge in [0, 0.05) is 19.3 Å². The van der Waals surface area contributed by atoms with Gasteiger partial charge in [-0.3, -0.25) is 9.59 Å². The second kappa shape index (κ2) is 7.22. The van der Waals surface area contributed by atoms with Crippen molar-refractivity contribution in [2.24, 2.45) is 0 Å². The lowest BCUT2D eigenvalue weighted by Crippen LogP contribution is -2.35. The molecule has 0 saturated heterocycles. The van der Waals surface area contributed by atoms with Crippen molar-refractivity contribution in [2.75, 3.05) is 25.2 Å². The number of carboxylic acid groups (broad SMARTS) is 1. The molecule has 1 amide bonds. The minimum atomic E-state index is -0.934. The number of ether oxygens (including phenoxy) is 1. The third kappa shape index (κ3) is 5.19. The van der Waals surface area contributed by atoms with Gasteiger partial charge in [-0.05, 0) is 23.1 Å². The van der Waals surface area contributed by atoms with E-state index < -0.39 is 5.97 Å². The Morgan fingerprint density at radius 1 is 1.19 bits per heavy atom. The number of carboxylic acids is 1. The highest BCUT2D eigenvalue weighted by atomic mass is 16.5. The van der Waals surface area contributed by atoms with Gasteiger partial charge in [0.1, 0.15) is 6.61 Å². The first kappa shape index (κ1) is 17.2. The zero-order valence-electron chi connectivity index (χ0n) is 13.0. The van der Waals surface area contributed by atoms with Crippen LogP contribution in [0, 0.1) is 0 Å². The van der Waals surface area contributed by atoms with E-state index in [1.165, 1.54) is 12.0 Å². The Morgan fingerprint density at radius 2 is 1.76 bits per heavy atom. The van der Waals surface area contributed by atoms with Gasteiger partial charge in [0.15, 0.2) is 0 Å². The number of anilines is 1. The third-order valence-corrected chi connectivity index (χ3v) is 3.16. The fourth-order valence-corrected chi connectivity index (χ4v) is 1.95. The number of hydrogen-bond donors (Lipinski definition) is 1. The number of amides is 1. The van der Waals surface area contributed by atoms with Gasteiger partial charge in [-0.2, -0.15) is 0 Å². The summed E-state index contributed by atoms with van der Waals surface area (Å²) in [7, 11) is 1.44. The summed E-state index contributed by atoms with van der Waals surface area (Å²) in [4.78, 5) is 24.2. The minimum absolute atomic E-state index is 0.0287. The summed E-state index contributed by atoms with van der Waals surface area (Å²) in [6.45, 7) is 6.40. The van der Waals surface area contributed by atoms with E-state index in [9.17, 15) is 9.59 Å². The lowest BCUT2D eigenvalue weighted by Gasteiger charge is -2.24. The van der Waals surface area contributed by atoms with E-state index >= 15 is 0 Å². The average molecular weight is 293 g/mol. The molecule has 116 valence electrons. The number of rotatable bonds is 6. The van der Waals surface area contributed by atoms with Crippen LogP contribution in [0.1, 0.15) is 32.8 Å². The first-order valence-electron chi connectivity index (χ1n) is 6.87. The molecule has 0 bridgehead atoms. The summed E-state index contributed by atoms with van der Waals surface area (Å²) in [6.07, 6.45) is -0.101. The molecular weight excluding hydrogens is 270 g/mol. The maximum Gasteiger partial charge on any atom is 0.305 e. The molecule has 0 aliphatic heterocycles. The Kier molecular flexibility index (Phi) is 5.90. The van der Waals surface area contributed by atoms with Gasteiger partial charge in [0.05, 0.1) is 6.42 Å². The van der Waals surface area contributed by atoms with E-state index in [-0.39, 0.29) is 30.9 Å². The van der Waals surface area contributed by atoms with Crippen molar-refractivity contribution in [2.45, 2.75) is 32.6 Å². The minimum Gasteiger partial charge on any atom is -0.481 e. The van der Waals surface area contributed by atoms with Gasteiger partial charge < -0.3 is 14.7 Å². The summed E-state index contributed by atoms with van der Waals surface area (Å²) in [6, 6.07) is 7.61. The highest BCUT2D eigenvalue weighted by Gasteiger charge is 2.18. The molecule has 1 N–H and O–H groups in total. The maximum absolute atomic E-state index is 12.0. The first-order valence-corrected chi connectivity index (χ1v) is 6.87. The molecule has 5 nitrogen and oxygen atoms in total. The van der Waals surface area contributed by atoms with Gasteiger partial charge in [0.25, 0.3) is 5.91 Å². The number of hydrogen-bond acceptors (Lipinski definition) is 3. The van der Waals surface area contributed by atoms with Crippen LogP contribution in [0.2, 0.25) is 0 Å². The lowest BCUT2D eigenvalue weighted by atomic mass is 9.87. The second-order valence-electron chi connectivity index (χ2n) is 5.92. The number of methoxy groups -OCH3 is 1. The highest BCUT2D eigenvalue weighted by Crippen LogP contribution is 2.25. The van der Waals surface area contributed by atoms with E-state index in [1.54, 1.807) is 0 Å². The lowest BCUT2D eigenvalue weighted by molar-refractivity contribution is -0.136. The molecule has 0 spiro atoms. The van der Waals surface area contributed by atoms with Crippen molar-refractivity contribution >= 4 is 17.6 Å². The fourth-order valence-electron chi connectivity index (χ4n) is 1.95. The highest BCUT2D eigenvalue weighted by molar-refractivity contribution is 5.94. The average Bonchev–Trinajstić information content (AvgIpc) is 2.38. The van der Waals surface area contributed by atoms with Crippen LogP contribution in [-0.2, 0) is 19.7 Å². The van der Waals surface area contributed by atoms with Crippen LogP contribution in [0.15, 0.2) is 24.3 Å². The van der Waals surface area contributed by atoms with Crippen molar-refractivity contribution in [3.05, 3.63) is 29.8 Å². The maximum atomic E-state index is 12.0. The molecule has 0 heterocycles. The van der Waals surface area contributed by atoms with E-state index in [0.717, 1.165) is 5.56 Å². The summed E-state index contributed by atoms with van der Waals surface area (Å²) in [5.41, 5.74) is 1.87. The predicted octanol–water partition coefficient (Wildman–Crippen LogP) is 2.44. The zero-order valence-corrected chi connectivity index (χ0v) is 13.0. The third-order valence-electron chi connectivity index (χ3n) is 3.16. The molecule has 0 aliphatic rings. The van der Waals surface area contributed by atoms with Crippen LogP contribution in [0.4, 0.5) is 5.69 Å². The normalized spacial score (nSPS) is 11.2. The van der Waals surface area contributed by atoms with Crippen molar-refractivity contribution in [3.8, 4) is 0 Å². The van der Waals surface area contributed by atoms with Crippen molar-refractivity contribution in [3.63, 3.8) is 0 Å². The van der Waals surface area contributed by atoms with Crippen LogP contribution in [0.25, 0.3) is 0 Å². The Labute approximate surface area is 125 Å². The number of carbonyl (C=O) groups excluding carboxylic acids is 1. The van der Waals surface area contributed by atoms with Crippen molar-refractivity contribution in [1.82, 2.24) is 0 Å². The van der Waals surface area contributed by atoms with Crippen molar-refractivity contribution < 1.29 is 19.4 Å². The molecule has 0 radical (unpaired) electrons. The standard InChI is InChI=1S/C16H23NO4/c1-16(2,3)12-5-7-13(8-6-12)17(10-9-15(19)20)14(18)11-21-4/h5-8H,9-11H2,1-4H3,(H,19,20). The Morgan fingerprint density at radius 3 is 2.19 bits per heavy atom. The largest absolute Gasteiger partial charge is 0.481 e. The van der Waals surface area contributed by atoms with Crippen LogP contribution >= 0.6 is 0 Å². The van der Waals surface area contributed by atoms with Gasteiger partial charge >= 0.3 is 5.97 Å². The molecule has 0 aliphatic carbocycles. The SMILES string of the molecule is COCC(=O)N(CCC(=O)O)c1ccc(C(C)(C)C)cc1. The first-order chi connectivity index (χ1) is 9.75.